The monoisotopic (exact) mass is 155 g/mol. The molecule has 1 nitrogen and oxygen atoms in total. The highest BCUT2D eigenvalue weighted by molar-refractivity contribution is 5.24. The number of halogens is 2. The van der Waals surface area contributed by atoms with Gasteiger partial charge in [-0.1, -0.05) is 6.07 Å². The number of nitrogens with one attached hydrogen (secondary N) is 1. The fourth-order valence-electron chi connectivity index (χ4n) is 1.02. The predicted molar refractivity (Wildman–Crippen MR) is 37.1 cm³/mol. The Morgan fingerprint density at radius 2 is 2.00 bits per heavy atom. The molecule has 1 fully saturated rings. The summed E-state index contributed by atoms with van der Waals surface area (Å²) in [5.74, 6) is -1.55. The maximum Gasteiger partial charge on any atom is 0.159 e. The molecule has 1 aromatic carbocycles. The molecule has 0 saturated carbocycles. The first-order chi connectivity index (χ1) is 5.27. The van der Waals surface area contributed by atoms with Gasteiger partial charge in [0.25, 0.3) is 0 Å². The van der Waals surface area contributed by atoms with Crippen molar-refractivity contribution in [3.05, 3.63) is 35.4 Å². The largest absolute Gasteiger partial charge is 0.307 e. The molecular formula is C8H7F2N. The van der Waals surface area contributed by atoms with Crippen LogP contribution in [-0.4, -0.2) is 6.54 Å². The molecule has 58 valence electrons. The van der Waals surface area contributed by atoms with Crippen LogP contribution in [0.25, 0.3) is 0 Å². The van der Waals surface area contributed by atoms with Crippen molar-refractivity contribution in [2.24, 2.45) is 0 Å². The molecule has 1 aliphatic rings. The van der Waals surface area contributed by atoms with Crippen molar-refractivity contribution in [2.75, 3.05) is 6.54 Å². The fourth-order valence-corrected chi connectivity index (χ4v) is 1.02. The average molecular weight is 155 g/mol. The van der Waals surface area contributed by atoms with E-state index in [1.807, 2.05) is 0 Å². The van der Waals surface area contributed by atoms with Crippen molar-refractivity contribution >= 4 is 0 Å². The number of rotatable bonds is 1. The minimum Gasteiger partial charge on any atom is -0.307 e. The van der Waals surface area contributed by atoms with Gasteiger partial charge in [0.2, 0.25) is 0 Å². The van der Waals surface area contributed by atoms with Crippen LogP contribution in [0.1, 0.15) is 11.6 Å². The Morgan fingerprint density at radius 1 is 1.27 bits per heavy atom. The molecule has 11 heavy (non-hydrogen) atoms. The average Bonchev–Trinajstić information content (AvgIpc) is 2.77. The van der Waals surface area contributed by atoms with Gasteiger partial charge in [-0.3, -0.25) is 0 Å². The van der Waals surface area contributed by atoms with Gasteiger partial charge in [0.15, 0.2) is 11.6 Å². The van der Waals surface area contributed by atoms with Gasteiger partial charge in [0.05, 0.1) is 0 Å². The second-order valence-corrected chi connectivity index (χ2v) is 2.63. The quantitative estimate of drug-likeness (QED) is 0.611. The molecule has 1 aliphatic heterocycles. The summed E-state index contributed by atoms with van der Waals surface area (Å²) in [7, 11) is 0. The zero-order valence-electron chi connectivity index (χ0n) is 5.77. The van der Waals surface area contributed by atoms with Crippen molar-refractivity contribution in [1.82, 2.24) is 5.32 Å². The summed E-state index contributed by atoms with van der Waals surface area (Å²) < 4.78 is 25.0. The standard InChI is InChI=1S/C8H7F2N/c9-6-2-1-5(3-7(6)10)8-4-11-8/h1-3,8,11H,4H2/t8-/m1/s1. The van der Waals surface area contributed by atoms with E-state index in [-0.39, 0.29) is 6.04 Å². The van der Waals surface area contributed by atoms with Crippen LogP contribution < -0.4 is 5.32 Å². The van der Waals surface area contributed by atoms with Crippen molar-refractivity contribution in [2.45, 2.75) is 6.04 Å². The van der Waals surface area contributed by atoms with Crippen LogP contribution in [0.2, 0.25) is 0 Å². The predicted octanol–water partition coefficient (Wildman–Crippen LogP) is 1.61. The van der Waals surface area contributed by atoms with Gasteiger partial charge in [-0.2, -0.15) is 0 Å². The first-order valence-corrected chi connectivity index (χ1v) is 3.46. The van der Waals surface area contributed by atoms with E-state index in [1.54, 1.807) is 6.07 Å². The molecule has 1 N–H and O–H groups in total. The summed E-state index contributed by atoms with van der Waals surface area (Å²) in [5.41, 5.74) is 0.823. The Kier molecular flexibility index (Phi) is 1.39. The second kappa shape index (κ2) is 2.27. The molecule has 1 saturated heterocycles. The van der Waals surface area contributed by atoms with Crippen LogP contribution in [0, 0.1) is 11.6 Å². The molecular weight excluding hydrogens is 148 g/mol. The topological polar surface area (TPSA) is 21.9 Å². The lowest BCUT2D eigenvalue weighted by Crippen LogP contribution is -1.88. The molecule has 0 amide bonds. The first kappa shape index (κ1) is 6.73. The summed E-state index contributed by atoms with van der Waals surface area (Å²) in [4.78, 5) is 0. The van der Waals surface area contributed by atoms with Crippen LogP contribution in [0.15, 0.2) is 18.2 Å². The van der Waals surface area contributed by atoms with Crippen molar-refractivity contribution in [1.29, 1.82) is 0 Å². The summed E-state index contributed by atoms with van der Waals surface area (Å²) in [5, 5.41) is 3.01. The van der Waals surface area contributed by atoms with E-state index in [0.717, 1.165) is 18.2 Å². The summed E-state index contributed by atoms with van der Waals surface area (Å²) in [6.07, 6.45) is 0. The molecule has 0 unspecified atom stereocenters. The first-order valence-electron chi connectivity index (χ1n) is 3.46. The number of hydrogen-bond acceptors (Lipinski definition) is 1. The summed E-state index contributed by atoms with van der Waals surface area (Å²) in [6.45, 7) is 0.866. The molecule has 2 rings (SSSR count). The summed E-state index contributed by atoms with van der Waals surface area (Å²) >= 11 is 0. The maximum absolute atomic E-state index is 12.6. The van der Waals surface area contributed by atoms with Crippen LogP contribution in [0.5, 0.6) is 0 Å². The van der Waals surface area contributed by atoms with Gasteiger partial charge >= 0.3 is 0 Å². The zero-order valence-corrected chi connectivity index (χ0v) is 5.77. The lowest BCUT2D eigenvalue weighted by molar-refractivity contribution is 0.507. The molecule has 1 heterocycles. The van der Waals surface area contributed by atoms with Gasteiger partial charge in [0, 0.05) is 12.6 Å². The zero-order chi connectivity index (χ0) is 7.84. The molecule has 0 aliphatic carbocycles. The van der Waals surface area contributed by atoms with E-state index < -0.39 is 11.6 Å². The number of benzene rings is 1. The van der Waals surface area contributed by atoms with E-state index in [2.05, 4.69) is 5.32 Å². The molecule has 0 aromatic heterocycles. The second-order valence-electron chi connectivity index (χ2n) is 2.63. The maximum atomic E-state index is 12.6. The van der Waals surface area contributed by atoms with Crippen LogP contribution >= 0.6 is 0 Å². The molecule has 3 heteroatoms. The van der Waals surface area contributed by atoms with Crippen LogP contribution in [0.3, 0.4) is 0 Å². The third-order valence-corrected chi connectivity index (χ3v) is 1.75. The third-order valence-electron chi connectivity index (χ3n) is 1.75. The highest BCUT2D eigenvalue weighted by Crippen LogP contribution is 2.22. The third kappa shape index (κ3) is 1.24. The van der Waals surface area contributed by atoms with Crippen LogP contribution in [-0.2, 0) is 0 Å². The fraction of sp³-hybridized carbons (Fsp3) is 0.250. The van der Waals surface area contributed by atoms with Gasteiger partial charge < -0.3 is 5.32 Å². The Labute approximate surface area is 63.0 Å². The Hall–Kier alpha value is -0.960. The Balaban J connectivity index is 2.36. The molecule has 0 radical (unpaired) electrons. The Bertz CT molecular complexity index is 281. The molecule has 1 atom stereocenters. The SMILES string of the molecule is Fc1ccc([C@H]2CN2)cc1F. The highest BCUT2D eigenvalue weighted by atomic mass is 19.2. The van der Waals surface area contributed by atoms with Gasteiger partial charge in [-0.15, -0.1) is 0 Å². The molecule has 0 bridgehead atoms. The molecule has 1 aromatic rings. The summed E-state index contributed by atoms with van der Waals surface area (Å²) in [6, 6.07) is 4.23. The van der Waals surface area contributed by atoms with E-state index in [9.17, 15) is 8.78 Å². The van der Waals surface area contributed by atoms with Crippen molar-refractivity contribution in [3.8, 4) is 0 Å². The van der Waals surface area contributed by atoms with E-state index in [0.29, 0.717) is 0 Å². The minimum atomic E-state index is -0.783. The molecule has 0 spiro atoms. The minimum absolute atomic E-state index is 0.241. The highest BCUT2D eigenvalue weighted by Gasteiger charge is 2.22. The smallest absolute Gasteiger partial charge is 0.159 e. The lowest BCUT2D eigenvalue weighted by Gasteiger charge is -1.96. The van der Waals surface area contributed by atoms with Gasteiger partial charge in [-0.05, 0) is 17.7 Å². The Morgan fingerprint density at radius 3 is 2.55 bits per heavy atom. The van der Waals surface area contributed by atoms with E-state index >= 15 is 0 Å². The van der Waals surface area contributed by atoms with Crippen LogP contribution in [0.4, 0.5) is 8.78 Å². The van der Waals surface area contributed by atoms with Crippen molar-refractivity contribution < 1.29 is 8.78 Å². The lowest BCUT2D eigenvalue weighted by atomic mass is 10.1. The van der Waals surface area contributed by atoms with Crippen molar-refractivity contribution in [3.63, 3.8) is 0 Å². The normalized spacial score (nSPS) is 21.8. The van der Waals surface area contributed by atoms with Gasteiger partial charge in [0.1, 0.15) is 0 Å². The number of hydrogen-bond donors (Lipinski definition) is 1. The van der Waals surface area contributed by atoms with E-state index in [4.69, 9.17) is 0 Å². The van der Waals surface area contributed by atoms with E-state index in [1.165, 1.54) is 6.07 Å². The van der Waals surface area contributed by atoms with Gasteiger partial charge in [-0.25, -0.2) is 8.78 Å².